The molecule has 2 aromatic heterocycles. The molecule has 0 aliphatic rings. The zero-order chi connectivity index (χ0) is 29.5. The van der Waals surface area contributed by atoms with Crippen LogP contribution in [-0.2, 0) is 9.53 Å². The summed E-state index contributed by atoms with van der Waals surface area (Å²) in [5, 5.41) is 26.4. The van der Waals surface area contributed by atoms with Crippen molar-refractivity contribution in [2.45, 2.75) is 13.1 Å². The zero-order valence-electron chi connectivity index (χ0n) is 19.8. The van der Waals surface area contributed by atoms with Crippen molar-refractivity contribution < 1.29 is 29.3 Å². The minimum absolute atomic E-state index is 0.0919. The second kappa shape index (κ2) is 12.0. The highest BCUT2D eigenvalue weighted by Crippen LogP contribution is 2.37. The molecule has 0 bridgehead atoms. The molecule has 0 aliphatic heterocycles. The van der Waals surface area contributed by atoms with E-state index in [4.69, 9.17) is 27.9 Å². The average Bonchev–Trinajstić information content (AvgIpc) is 2.85. The van der Waals surface area contributed by atoms with Gasteiger partial charge in [0.25, 0.3) is 11.8 Å². The van der Waals surface area contributed by atoms with Gasteiger partial charge in [0.05, 0.1) is 16.0 Å². The first-order chi connectivity index (χ1) is 18.8. The lowest BCUT2D eigenvalue weighted by Gasteiger charge is -2.19. The Hall–Kier alpha value is -2.75. The molecule has 10 nitrogen and oxygen atoms in total. The number of esters is 1. The lowest BCUT2D eigenvalue weighted by atomic mass is 10.1. The van der Waals surface area contributed by atoms with Crippen molar-refractivity contribution in [3.05, 3.63) is 73.5 Å². The Morgan fingerprint density at radius 3 is 1.62 bits per heavy atom. The van der Waals surface area contributed by atoms with Crippen LogP contribution in [0, 0.1) is 0 Å². The molecule has 0 saturated carbocycles. The molecule has 0 fully saturated rings. The third kappa shape index (κ3) is 5.83. The molecule has 2 amide bonds. The summed E-state index contributed by atoms with van der Waals surface area (Å²) in [5.74, 6) is -5.00. The largest absolute Gasteiger partial charge is 0.506 e. The maximum Gasteiger partial charge on any atom is 0.349 e. The van der Waals surface area contributed by atoms with Gasteiger partial charge < -0.3 is 25.6 Å². The molecule has 208 valence electrons. The SMILES string of the molecule is CCOC(=O)C(NC(=O)c1c(O)c2cc(Cl)cc(Br)c2sc1=O)NC(=O)c1c(O)c2cc(Cl)cc(Br)c2sc1=O. The van der Waals surface area contributed by atoms with Crippen molar-refractivity contribution in [3.8, 4) is 11.5 Å². The Labute approximate surface area is 258 Å². The molecule has 2 heterocycles. The molecule has 4 rings (SSSR count). The quantitative estimate of drug-likeness (QED) is 0.156. The molecule has 0 aliphatic carbocycles. The van der Waals surface area contributed by atoms with Gasteiger partial charge >= 0.3 is 5.97 Å². The van der Waals surface area contributed by atoms with E-state index < -0.39 is 56.1 Å². The van der Waals surface area contributed by atoms with Crippen molar-refractivity contribution in [2.75, 3.05) is 6.61 Å². The van der Waals surface area contributed by atoms with Crippen molar-refractivity contribution >= 4 is 116 Å². The third-order valence-electron chi connectivity index (χ3n) is 5.33. The number of carbonyl (C=O) groups is 3. The van der Waals surface area contributed by atoms with Crippen molar-refractivity contribution in [1.82, 2.24) is 10.6 Å². The van der Waals surface area contributed by atoms with Crippen LogP contribution in [0.4, 0.5) is 0 Å². The molecular weight excluding hydrogens is 739 g/mol. The molecule has 4 aromatic rings. The number of rotatable bonds is 6. The minimum Gasteiger partial charge on any atom is -0.506 e. The number of carbonyl (C=O) groups excluding carboxylic acids is 3. The number of aromatic hydroxyl groups is 2. The molecular formula is C24H14Br2Cl2N2O8S2. The van der Waals surface area contributed by atoms with Crippen molar-refractivity contribution in [1.29, 1.82) is 0 Å². The van der Waals surface area contributed by atoms with E-state index in [-0.39, 0.29) is 27.4 Å². The van der Waals surface area contributed by atoms with Gasteiger partial charge in [-0.1, -0.05) is 45.9 Å². The molecule has 0 saturated heterocycles. The first-order valence-electron chi connectivity index (χ1n) is 10.9. The van der Waals surface area contributed by atoms with Gasteiger partial charge in [0.15, 0.2) is 0 Å². The molecule has 2 aromatic carbocycles. The standard InChI is InChI=1S/C24H14Br2Cl2N2O8S2/c1-2-38-22(35)19(29-20(33)13-15(31)9-3-7(27)5-11(25)17(9)39-23(13)36)30-21(34)14-16(32)10-4-8(28)6-12(26)18(10)40-24(14)37/h3-6,19,31-32H,2H2,1H3,(H,29,33)(H,30,34). The molecule has 0 radical (unpaired) electrons. The summed E-state index contributed by atoms with van der Waals surface area (Å²) in [4.78, 5) is 64.4. The molecule has 16 heteroatoms. The Morgan fingerprint density at radius 1 is 0.850 bits per heavy atom. The van der Waals surface area contributed by atoms with Crippen LogP contribution >= 0.6 is 77.7 Å². The number of benzene rings is 2. The fourth-order valence-electron chi connectivity index (χ4n) is 3.62. The van der Waals surface area contributed by atoms with Gasteiger partial charge in [0.1, 0.15) is 22.6 Å². The maximum atomic E-state index is 13.1. The third-order valence-corrected chi connectivity index (χ3v) is 9.60. The second-order valence-corrected chi connectivity index (χ2v) is 12.4. The summed E-state index contributed by atoms with van der Waals surface area (Å²) in [6, 6.07) is 5.70. The predicted molar refractivity (Wildman–Crippen MR) is 160 cm³/mol. The highest BCUT2D eigenvalue weighted by Gasteiger charge is 2.31. The number of ether oxygens (including phenoxy) is 1. The van der Waals surface area contributed by atoms with E-state index in [1.165, 1.54) is 31.2 Å². The van der Waals surface area contributed by atoms with Crippen LogP contribution in [0.1, 0.15) is 27.6 Å². The Kier molecular flexibility index (Phi) is 9.07. The summed E-state index contributed by atoms with van der Waals surface area (Å²) in [5.41, 5.74) is -1.43. The molecule has 40 heavy (non-hydrogen) atoms. The normalized spacial score (nSPS) is 11.2. The van der Waals surface area contributed by atoms with Gasteiger partial charge in [-0.05, 0) is 63.0 Å². The van der Waals surface area contributed by atoms with Gasteiger partial charge in [-0.3, -0.25) is 19.2 Å². The van der Waals surface area contributed by atoms with Crippen LogP contribution in [0.15, 0.2) is 42.8 Å². The van der Waals surface area contributed by atoms with Crippen LogP contribution in [0.2, 0.25) is 10.0 Å². The van der Waals surface area contributed by atoms with Crippen LogP contribution in [0.3, 0.4) is 0 Å². The topological polar surface area (TPSA) is 159 Å². The number of halogens is 4. The van der Waals surface area contributed by atoms with E-state index in [0.717, 1.165) is 0 Å². The van der Waals surface area contributed by atoms with Crippen LogP contribution < -0.4 is 20.1 Å². The lowest BCUT2D eigenvalue weighted by molar-refractivity contribution is -0.146. The maximum absolute atomic E-state index is 13.1. The Balaban J connectivity index is 1.73. The smallest absolute Gasteiger partial charge is 0.349 e. The number of hydrogen-bond donors (Lipinski definition) is 4. The minimum atomic E-state index is -1.92. The lowest BCUT2D eigenvalue weighted by Crippen LogP contribution is -2.54. The number of fused-ring (bicyclic) bond motifs is 2. The Morgan fingerprint density at radius 2 is 1.25 bits per heavy atom. The molecule has 0 atom stereocenters. The predicted octanol–water partition coefficient (Wildman–Crippen LogP) is 5.13. The van der Waals surface area contributed by atoms with Crippen LogP contribution in [-0.4, -0.2) is 40.8 Å². The van der Waals surface area contributed by atoms with Crippen molar-refractivity contribution in [3.63, 3.8) is 0 Å². The van der Waals surface area contributed by atoms with Gasteiger partial charge in [0.2, 0.25) is 15.7 Å². The number of nitrogens with one attached hydrogen (secondary N) is 2. The van der Waals surface area contributed by atoms with Crippen molar-refractivity contribution in [2.24, 2.45) is 0 Å². The summed E-state index contributed by atoms with van der Waals surface area (Å²) >= 11 is 19.9. The number of amides is 2. The highest BCUT2D eigenvalue weighted by atomic mass is 79.9. The number of hydrogen-bond acceptors (Lipinski definition) is 10. The first kappa shape index (κ1) is 30.2. The molecule has 0 unspecified atom stereocenters. The first-order valence-corrected chi connectivity index (χ1v) is 14.9. The summed E-state index contributed by atoms with van der Waals surface area (Å²) in [6.07, 6.45) is -1.92. The van der Waals surface area contributed by atoms with Gasteiger partial charge in [0, 0.05) is 29.8 Å². The van der Waals surface area contributed by atoms with Crippen LogP contribution in [0.25, 0.3) is 20.2 Å². The second-order valence-electron chi connectivity index (χ2n) is 7.89. The van der Waals surface area contributed by atoms with E-state index in [1.54, 1.807) is 0 Å². The fraction of sp³-hybridized carbons (Fsp3) is 0.125. The molecule has 4 N–H and O–H groups in total. The summed E-state index contributed by atoms with van der Waals surface area (Å²) < 4.78 is 4.68. The fourth-order valence-corrected chi connectivity index (χ4v) is 7.52. The summed E-state index contributed by atoms with van der Waals surface area (Å²) in [6.45, 7) is 1.33. The monoisotopic (exact) mass is 750 g/mol. The van der Waals surface area contributed by atoms with E-state index >= 15 is 0 Å². The Bertz CT molecular complexity index is 1740. The van der Waals surface area contributed by atoms with Gasteiger partial charge in [-0.25, -0.2) is 4.79 Å². The van der Waals surface area contributed by atoms with E-state index in [2.05, 4.69) is 42.5 Å². The highest BCUT2D eigenvalue weighted by molar-refractivity contribution is 9.11. The average molecular weight is 753 g/mol. The van der Waals surface area contributed by atoms with E-state index in [0.29, 0.717) is 41.0 Å². The van der Waals surface area contributed by atoms with Gasteiger partial charge in [-0.2, -0.15) is 0 Å². The van der Waals surface area contributed by atoms with E-state index in [1.807, 2.05) is 0 Å². The molecule has 0 spiro atoms. The van der Waals surface area contributed by atoms with Gasteiger partial charge in [-0.15, -0.1) is 0 Å². The van der Waals surface area contributed by atoms with Crippen LogP contribution in [0.5, 0.6) is 11.5 Å². The zero-order valence-corrected chi connectivity index (χ0v) is 26.1. The summed E-state index contributed by atoms with van der Waals surface area (Å²) in [7, 11) is 0. The van der Waals surface area contributed by atoms with E-state index in [9.17, 15) is 34.2 Å².